The number of benzene rings is 1. The number of amides is 3. The molecule has 4 rings (SSSR count). The zero-order chi connectivity index (χ0) is 20.2. The summed E-state index contributed by atoms with van der Waals surface area (Å²) in [7, 11) is 0. The van der Waals surface area contributed by atoms with E-state index in [2.05, 4.69) is 10.3 Å². The van der Waals surface area contributed by atoms with Gasteiger partial charge in [0.15, 0.2) is 0 Å². The predicted octanol–water partition coefficient (Wildman–Crippen LogP) is 2.95. The molecule has 1 N–H and O–H groups in total. The van der Waals surface area contributed by atoms with Crippen molar-refractivity contribution < 1.29 is 14.4 Å². The van der Waals surface area contributed by atoms with E-state index in [1.54, 1.807) is 12.4 Å². The van der Waals surface area contributed by atoms with Crippen LogP contribution in [-0.2, 0) is 20.8 Å². The predicted molar refractivity (Wildman–Crippen MR) is 109 cm³/mol. The van der Waals surface area contributed by atoms with Gasteiger partial charge in [0.2, 0.25) is 17.7 Å². The Balaban J connectivity index is 1.29. The highest BCUT2D eigenvalue weighted by Gasteiger charge is 2.46. The first kappa shape index (κ1) is 19.1. The molecule has 2 aromatic rings. The molecule has 0 spiro atoms. The van der Waals surface area contributed by atoms with Crippen LogP contribution in [0.5, 0.6) is 0 Å². The lowest BCUT2D eigenvalue weighted by Gasteiger charge is -2.14. The molecule has 1 saturated heterocycles. The molecule has 3 amide bonds. The van der Waals surface area contributed by atoms with Crippen LogP contribution in [0.3, 0.4) is 0 Å². The van der Waals surface area contributed by atoms with Crippen LogP contribution in [0.15, 0.2) is 60.9 Å². The van der Waals surface area contributed by atoms with Crippen molar-refractivity contribution in [3.05, 3.63) is 72.1 Å². The molecule has 2 atom stereocenters. The number of nitrogens with zero attached hydrogens (tertiary/aromatic N) is 2. The van der Waals surface area contributed by atoms with Crippen LogP contribution in [0.2, 0.25) is 0 Å². The molecular formula is C23H23N3O3. The van der Waals surface area contributed by atoms with Gasteiger partial charge in [0.05, 0.1) is 11.8 Å². The quantitative estimate of drug-likeness (QED) is 0.609. The fourth-order valence-corrected chi connectivity index (χ4v) is 3.97. The van der Waals surface area contributed by atoms with Gasteiger partial charge in [-0.25, -0.2) is 0 Å². The number of imide groups is 1. The van der Waals surface area contributed by atoms with E-state index in [-0.39, 0.29) is 42.5 Å². The minimum Gasteiger partial charge on any atom is -0.326 e. The number of allylic oxidation sites excluding steroid dienone is 2. The molecule has 0 bridgehead atoms. The van der Waals surface area contributed by atoms with Crippen molar-refractivity contribution in [2.45, 2.75) is 25.7 Å². The topological polar surface area (TPSA) is 79.4 Å². The Morgan fingerprint density at radius 3 is 2.14 bits per heavy atom. The summed E-state index contributed by atoms with van der Waals surface area (Å²) in [6, 6.07) is 11.6. The summed E-state index contributed by atoms with van der Waals surface area (Å²) >= 11 is 0. The summed E-state index contributed by atoms with van der Waals surface area (Å²) in [5.74, 6) is -0.984. The Hall–Kier alpha value is -3.28. The molecule has 29 heavy (non-hydrogen) atoms. The Kier molecular flexibility index (Phi) is 5.51. The largest absolute Gasteiger partial charge is 0.326 e. The number of carbonyl (C=O) groups is 3. The van der Waals surface area contributed by atoms with E-state index in [4.69, 9.17) is 0 Å². The number of rotatable bonds is 6. The van der Waals surface area contributed by atoms with Crippen LogP contribution in [-0.4, -0.2) is 34.2 Å². The molecule has 0 unspecified atom stereocenters. The maximum atomic E-state index is 12.4. The van der Waals surface area contributed by atoms with Crippen molar-refractivity contribution in [3.63, 3.8) is 0 Å². The Morgan fingerprint density at radius 2 is 1.52 bits per heavy atom. The third-order valence-corrected chi connectivity index (χ3v) is 5.56. The first-order chi connectivity index (χ1) is 14.1. The maximum Gasteiger partial charge on any atom is 0.233 e. The third-order valence-electron chi connectivity index (χ3n) is 5.56. The lowest BCUT2D eigenvalue weighted by Crippen LogP contribution is -2.34. The van der Waals surface area contributed by atoms with Crippen molar-refractivity contribution in [2.24, 2.45) is 11.8 Å². The van der Waals surface area contributed by atoms with Crippen molar-refractivity contribution in [3.8, 4) is 0 Å². The molecule has 1 fully saturated rings. The fraction of sp³-hybridized carbons (Fsp3) is 0.304. The average molecular weight is 389 g/mol. The Bertz CT molecular complexity index is 912. The Morgan fingerprint density at radius 1 is 0.931 bits per heavy atom. The standard InChI is InChI=1S/C23H23N3O3/c27-21(11-14-26-22(28)19-3-1-2-4-20(19)23(26)29)25-18-7-5-16(6-8-18)15-17-9-12-24-13-10-17/h1-2,5-10,12-13,19-20H,3-4,11,14-15H2,(H,25,27)/t19-,20+. The molecule has 2 aliphatic rings. The molecule has 0 radical (unpaired) electrons. The van der Waals surface area contributed by atoms with Gasteiger partial charge in [-0.15, -0.1) is 0 Å². The van der Waals surface area contributed by atoms with Crippen molar-refractivity contribution in [2.75, 3.05) is 11.9 Å². The summed E-state index contributed by atoms with van der Waals surface area (Å²) in [6.07, 6.45) is 9.59. The minimum absolute atomic E-state index is 0.100. The molecule has 6 heteroatoms. The minimum atomic E-state index is -0.247. The van der Waals surface area contributed by atoms with Crippen LogP contribution in [0.25, 0.3) is 0 Å². The van der Waals surface area contributed by atoms with Crippen molar-refractivity contribution in [1.82, 2.24) is 9.88 Å². The van der Waals surface area contributed by atoms with Gasteiger partial charge in [-0.1, -0.05) is 24.3 Å². The molecule has 148 valence electrons. The van der Waals surface area contributed by atoms with Crippen LogP contribution < -0.4 is 5.32 Å². The number of pyridine rings is 1. The molecule has 6 nitrogen and oxygen atoms in total. The first-order valence-electron chi connectivity index (χ1n) is 9.90. The second-order valence-corrected chi connectivity index (χ2v) is 7.51. The lowest BCUT2D eigenvalue weighted by molar-refractivity contribution is -0.140. The van der Waals surface area contributed by atoms with E-state index in [9.17, 15) is 14.4 Å². The zero-order valence-corrected chi connectivity index (χ0v) is 16.1. The van der Waals surface area contributed by atoms with Gasteiger partial charge in [0.1, 0.15) is 0 Å². The van der Waals surface area contributed by atoms with Gasteiger partial charge in [0, 0.05) is 31.0 Å². The number of aromatic nitrogens is 1. The van der Waals surface area contributed by atoms with Gasteiger partial charge in [-0.05, 0) is 54.7 Å². The smallest absolute Gasteiger partial charge is 0.233 e. The van der Waals surface area contributed by atoms with E-state index in [1.807, 2.05) is 48.6 Å². The highest BCUT2D eigenvalue weighted by atomic mass is 16.2. The number of fused-ring (bicyclic) bond motifs is 1. The molecule has 1 aromatic heterocycles. The van der Waals surface area contributed by atoms with Crippen LogP contribution >= 0.6 is 0 Å². The molecule has 2 heterocycles. The van der Waals surface area contributed by atoms with Crippen molar-refractivity contribution in [1.29, 1.82) is 0 Å². The molecule has 1 aromatic carbocycles. The summed E-state index contributed by atoms with van der Waals surface area (Å²) in [6.45, 7) is 0.136. The monoisotopic (exact) mass is 389 g/mol. The van der Waals surface area contributed by atoms with E-state index in [0.717, 1.165) is 12.0 Å². The van der Waals surface area contributed by atoms with E-state index >= 15 is 0 Å². The lowest BCUT2D eigenvalue weighted by atomic mass is 9.85. The van der Waals surface area contributed by atoms with E-state index < -0.39 is 0 Å². The summed E-state index contributed by atoms with van der Waals surface area (Å²) < 4.78 is 0. The number of anilines is 1. The zero-order valence-electron chi connectivity index (χ0n) is 16.1. The molecule has 0 saturated carbocycles. The van der Waals surface area contributed by atoms with Crippen LogP contribution in [0, 0.1) is 11.8 Å². The highest BCUT2D eigenvalue weighted by molar-refractivity contribution is 6.05. The van der Waals surface area contributed by atoms with Crippen molar-refractivity contribution >= 4 is 23.4 Å². The summed E-state index contributed by atoms with van der Waals surface area (Å²) in [5, 5.41) is 2.84. The van der Waals surface area contributed by atoms with Gasteiger partial charge >= 0.3 is 0 Å². The fourth-order valence-electron chi connectivity index (χ4n) is 3.97. The Labute approximate surface area is 169 Å². The van der Waals surface area contributed by atoms with Gasteiger partial charge in [0.25, 0.3) is 0 Å². The molecular weight excluding hydrogens is 366 g/mol. The summed E-state index contributed by atoms with van der Waals surface area (Å²) in [5.41, 5.74) is 3.01. The second-order valence-electron chi connectivity index (χ2n) is 7.51. The number of hydrogen-bond donors (Lipinski definition) is 1. The number of carbonyl (C=O) groups excluding carboxylic acids is 3. The van der Waals surface area contributed by atoms with E-state index in [0.29, 0.717) is 18.5 Å². The van der Waals surface area contributed by atoms with E-state index in [1.165, 1.54) is 10.5 Å². The van der Waals surface area contributed by atoms with Gasteiger partial charge in [-0.2, -0.15) is 0 Å². The SMILES string of the molecule is O=C(CCN1C(=O)[C@H]2CC=CC[C@H]2C1=O)Nc1ccc(Cc2ccncc2)cc1. The average Bonchev–Trinajstić information content (AvgIpc) is 2.99. The summed E-state index contributed by atoms with van der Waals surface area (Å²) in [4.78, 5) is 42.5. The van der Waals surface area contributed by atoms with Gasteiger partial charge < -0.3 is 5.32 Å². The first-order valence-corrected chi connectivity index (χ1v) is 9.90. The van der Waals surface area contributed by atoms with Crippen LogP contribution in [0.4, 0.5) is 5.69 Å². The number of nitrogens with one attached hydrogen (secondary N) is 1. The highest BCUT2D eigenvalue weighted by Crippen LogP contribution is 2.35. The number of hydrogen-bond acceptors (Lipinski definition) is 4. The molecule has 1 aliphatic heterocycles. The number of likely N-dealkylation sites (tertiary alicyclic amines) is 1. The second kappa shape index (κ2) is 8.39. The molecule has 1 aliphatic carbocycles. The van der Waals surface area contributed by atoms with Gasteiger partial charge in [-0.3, -0.25) is 24.3 Å². The normalized spacial score (nSPS) is 20.6. The van der Waals surface area contributed by atoms with Crippen LogP contribution in [0.1, 0.15) is 30.4 Å². The maximum absolute atomic E-state index is 12.4. The third kappa shape index (κ3) is 4.26.